The summed E-state index contributed by atoms with van der Waals surface area (Å²) in [6.07, 6.45) is 5.66. The summed E-state index contributed by atoms with van der Waals surface area (Å²) in [5, 5.41) is 0. The number of nitrogens with zero attached hydrogens (tertiary/aromatic N) is 1. The third-order valence-electron chi connectivity index (χ3n) is 6.70. The Morgan fingerprint density at radius 2 is 1.80 bits per heavy atom. The number of carbonyl (C=O) groups excluding carboxylic acids is 1. The highest BCUT2D eigenvalue weighted by molar-refractivity contribution is 7.89. The minimum atomic E-state index is -3.70. The van der Waals surface area contributed by atoms with Gasteiger partial charge in [0.1, 0.15) is 0 Å². The molecule has 0 bridgehead atoms. The first-order valence-corrected chi connectivity index (χ1v) is 12.4. The Labute approximate surface area is 179 Å². The van der Waals surface area contributed by atoms with Gasteiger partial charge in [-0.3, -0.25) is 4.79 Å². The molecule has 3 unspecified atom stereocenters. The van der Waals surface area contributed by atoms with Crippen LogP contribution in [0.1, 0.15) is 54.9 Å². The largest absolute Gasteiger partial charge is 0.335 e. The highest BCUT2D eigenvalue weighted by atomic mass is 32.2. The maximum Gasteiger partial charge on any atom is 0.254 e. The smallest absolute Gasteiger partial charge is 0.254 e. The van der Waals surface area contributed by atoms with Crippen molar-refractivity contribution in [3.05, 3.63) is 65.7 Å². The second kappa shape index (κ2) is 8.90. The Balaban J connectivity index is 1.51. The van der Waals surface area contributed by atoms with Gasteiger partial charge in [0, 0.05) is 24.7 Å². The molecule has 3 atom stereocenters. The highest BCUT2D eigenvalue weighted by Gasteiger charge is 2.39. The number of benzene rings is 2. The van der Waals surface area contributed by atoms with E-state index in [1.54, 1.807) is 18.2 Å². The van der Waals surface area contributed by atoms with E-state index in [9.17, 15) is 13.2 Å². The van der Waals surface area contributed by atoms with Gasteiger partial charge in [-0.15, -0.1) is 0 Å². The van der Waals surface area contributed by atoms with E-state index in [1.807, 2.05) is 35.2 Å². The summed E-state index contributed by atoms with van der Waals surface area (Å²) in [7, 11) is -3.70. The van der Waals surface area contributed by atoms with Crippen molar-refractivity contribution in [1.29, 1.82) is 0 Å². The van der Waals surface area contributed by atoms with E-state index in [-0.39, 0.29) is 23.4 Å². The molecule has 2 aliphatic rings. The zero-order valence-corrected chi connectivity index (χ0v) is 18.3. The predicted molar refractivity (Wildman–Crippen MR) is 117 cm³/mol. The van der Waals surface area contributed by atoms with Crippen molar-refractivity contribution < 1.29 is 13.2 Å². The van der Waals surface area contributed by atoms with E-state index >= 15 is 0 Å². The maximum atomic E-state index is 13.3. The van der Waals surface area contributed by atoms with Gasteiger partial charge in [0.15, 0.2) is 0 Å². The second-order valence-electron chi connectivity index (χ2n) is 8.62. The van der Waals surface area contributed by atoms with Gasteiger partial charge in [-0.25, -0.2) is 13.1 Å². The van der Waals surface area contributed by atoms with Crippen LogP contribution >= 0.6 is 0 Å². The van der Waals surface area contributed by atoms with Crippen molar-refractivity contribution in [1.82, 2.24) is 9.62 Å². The van der Waals surface area contributed by atoms with Crippen LogP contribution in [0.4, 0.5) is 0 Å². The summed E-state index contributed by atoms with van der Waals surface area (Å²) in [5.74, 6) is 1.17. The number of sulfonamides is 1. The number of amides is 1. The molecule has 30 heavy (non-hydrogen) atoms. The Hall–Kier alpha value is -2.18. The molecule has 2 aromatic rings. The fourth-order valence-electron chi connectivity index (χ4n) is 4.99. The van der Waals surface area contributed by atoms with Crippen LogP contribution in [0, 0.1) is 11.8 Å². The molecule has 6 heteroatoms. The van der Waals surface area contributed by atoms with Crippen LogP contribution < -0.4 is 4.72 Å². The van der Waals surface area contributed by atoms with Crippen LogP contribution in [0.2, 0.25) is 0 Å². The van der Waals surface area contributed by atoms with Crippen molar-refractivity contribution in [3.8, 4) is 0 Å². The van der Waals surface area contributed by atoms with Crippen LogP contribution in [-0.2, 0) is 16.6 Å². The van der Waals surface area contributed by atoms with Crippen molar-refractivity contribution in [2.45, 2.75) is 56.5 Å². The Morgan fingerprint density at radius 3 is 2.60 bits per heavy atom. The monoisotopic (exact) mass is 426 g/mol. The average Bonchev–Trinajstić information content (AvgIpc) is 2.79. The molecule has 5 nitrogen and oxygen atoms in total. The molecule has 1 N–H and O–H groups in total. The molecule has 1 saturated carbocycles. The molecule has 1 aliphatic heterocycles. The Bertz CT molecular complexity index is 991. The molecule has 0 spiro atoms. The number of rotatable bonds is 5. The molecule has 160 valence electrons. The Kier molecular flexibility index (Phi) is 6.25. The summed E-state index contributed by atoms with van der Waals surface area (Å²) in [6, 6.07) is 16.1. The van der Waals surface area contributed by atoms with Crippen molar-refractivity contribution >= 4 is 15.9 Å². The van der Waals surface area contributed by atoms with Crippen molar-refractivity contribution in [2.75, 3.05) is 6.54 Å². The van der Waals surface area contributed by atoms with Gasteiger partial charge in [-0.05, 0) is 54.9 Å². The van der Waals surface area contributed by atoms with Gasteiger partial charge in [0.25, 0.3) is 5.91 Å². The molecule has 2 aromatic carbocycles. The fraction of sp³-hybridized carbons (Fsp3) is 0.458. The molecule has 2 fully saturated rings. The Morgan fingerprint density at radius 1 is 1.03 bits per heavy atom. The maximum absolute atomic E-state index is 13.3. The molecule has 4 rings (SSSR count). The number of piperidine rings is 1. The molecular weight excluding hydrogens is 396 g/mol. The standard InChI is InChI=1S/C24H30N2O3S/c1-18-14-15-26(23-13-6-5-12-22(18)23)24(27)20-10-7-11-21(16-20)30(28,29)25-17-19-8-3-2-4-9-19/h2-4,7-11,16,18,22-23,25H,5-6,12-15,17H2,1H3. The number of carbonyl (C=O) groups is 1. The SMILES string of the molecule is CC1CCN(C(=O)c2cccc(S(=O)(=O)NCc3ccccc3)c2)C2CCCCC12. The van der Waals surface area contributed by atoms with E-state index in [2.05, 4.69) is 11.6 Å². The average molecular weight is 427 g/mol. The van der Waals surface area contributed by atoms with E-state index in [4.69, 9.17) is 0 Å². The van der Waals surface area contributed by atoms with Gasteiger partial charge in [0.2, 0.25) is 10.0 Å². The van der Waals surface area contributed by atoms with Gasteiger partial charge in [-0.2, -0.15) is 0 Å². The molecule has 1 heterocycles. The van der Waals surface area contributed by atoms with Crippen LogP contribution in [0.5, 0.6) is 0 Å². The molecule has 1 amide bonds. The van der Waals surface area contributed by atoms with Gasteiger partial charge < -0.3 is 4.90 Å². The number of hydrogen-bond acceptors (Lipinski definition) is 3. The number of nitrogens with one attached hydrogen (secondary N) is 1. The quantitative estimate of drug-likeness (QED) is 0.779. The second-order valence-corrected chi connectivity index (χ2v) is 10.4. The van der Waals surface area contributed by atoms with Crippen molar-refractivity contribution in [2.24, 2.45) is 11.8 Å². The summed E-state index contributed by atoms with van der Waals surface area (Å²) in [6.45, 7) is 3.27. The van der Waals surface area contributed by atoms with Gasteiger partial charge in [-0.1, -0.05) is 56.2 Å². The van der Waals surface area contributed by atoms with E-state index in [0.29, 0.717) is 17.4 Å². The molecule has 0 aromatic heterocycles. The lowest BCUT2D eigenvalue weighted by Gasteiger charge is -2.47. The van der Waals surface area contributed by atoms with Crippen LogP contribution in [0.25, 0.3) is 0 Å². The third kappa shape index (κ3) is 4.44. The summed E-state index contributed by atoms with van der Waals surface area (Å²) in [4.78, 5) is 15.5. The number of hydrogen-bond donors (Lipinski definition) is 1. The predicted octanol–water partition coefficient (Wildman–Crippen LogP) is 4.21. The first kappa shape index (κ1) is 21.1. The highest BCUT2D eigenvalue weighted by Crippen LogP contribution is 2.39. The fourth-order valence-corrected chi connectivity index (χ4v) is 6.05. The van der Waals surface area contributed by atoms with Gasteiger partial charge >= 0.3 is 0 Å². The van der Waals surface area contributed by atoms with Crippen LogP contribution in [0.3, 0.4) is 0 Å². The topological polar surface area (TPSA) is 66.5 Å². The normalized spacial score (nSPS) is 24.3. The lowest BCUT2D eigenvalue weighted by atomic mass is 9.72. The zero-order chi connectivity index (χ0) is 21.1. The third-order valence-corrected chi connectivity index (χ3v) is 8.10. The summed E-state index contributed by atoms with van der Waals surface area (Å²) >= 11 is 0. The minimum Gasteiger partial charge on any atom is -0.335 e. The van der Waals surface area contributed by atoms with E-state index in [0.717, 1.165) is 31.4 Å². The molecule has 1 saturated heterocycles. The van der Waals surface area contributed by atoms with Crippen LogP contribution in [0.15, 0.2) is 59.5 Å². The molecule has 0 radical (unpaired) electrons. The summed E-state index contributed by atoms with van der Waals surface area (Å²) in [5.41, 5.74) is 1.34. The zero-order valence-electron chi connectivity index (χ0n) is 17.5. The van der Waals surface area contributed by atoms with E-state index < -0.39 is 10.0 Å². The minimum absolute atomic E-state index is 0.0427. The lowest BCUT2D eigenvalue weighted by Crippen LogP contribution is -2.52. The number of fused-ring (bicyclic) bond motifs is 1. The first-order chi connectivity index (χ1) is 14.5. The molecule has 1 aliphatic carbocycles. The molecular formula is C24H30N2O3S. The lowest BCUT2D eigenvalue weighted by molar-refractivity contribution is 0.0217. The van der Waals surface area contributed by atoms with Gasteiger partial charge in [0.05, 0.1) is 4.90 Å². The first-order valence-electron chi connectivity index (χ1n) is 10.9. The van der Waals surface area contributed by atoms with Crippen molar-refractivity contribution in [3.63, 3.8) is 0 Å². The van der Waals surface area contributed by atoms with E-state index in [1.165, 1.54) is 18.9 Å². The summed E-state index contributed by atoms with van der Waals surface area (Å²) < 4.78 is 28.2. The van der Waals surface area contributed by atoms with Crippen LogP contribution in [-0.4, -0.2) is 31.8 Å². The number of likely N-dealkylation sites (tertiary alicyclic amines) is 1.